The monoisotopic (exact) mass is 155 g/mol. The van der Waals surface area contributed by atoms with Crippen LogP contribution < -0.4 is 0 Å². The van der Waals surface area contributed by atoms with Crippen LogP contribution in [0.4, 0.5) is 0 Å². The van der Waals surface area contributed by atoms with Crippen molar-refractivity contribution in [3.63, 3.8) is 0 Å². The summed E-state index contributed by atoms with van der Waals surface area (Å²) in [7, 11) is 0. The summed E-state index contributed by atoms with van der Waals surface area (Å²) in [5.41, 5.74) is -0.0175. The van der Waals surface area contributed by atoms with Gasteiger partial charge in [-0.15, -0.1) is 0 Å². The van der Waals surface area contributed by atoms with Gasteiger partial charge in [-0.2, -0.15) is 0 Å². The molecule has 0 atom stereocenters. The lowest BCUT2D eigenvalue weighted by atomic mass is 9.97. The zero-order chi connectivity index (χ0) is 8.70. The van der Waals surface area contributed by atoms with Gasteiger partial charge in [0.25, 0.3) is 0 Å². The highest BCUT2D eigenvalue weighted by atomic mass is 16.5. The summed E-state index contributed by atoms with van der Waals surface area (Å²) in [5.74, 6) is 0.891. The van der Waals surface area contributed by atoms with Gasteiger partial charge >= 0.3 is 0 Å². The van der Waals surface area contributed by atoms with Crippen molar-refractivity contribution in [2.75, 3.05) is 6.54 Å². The molecule has 1 heterocycles. The number of ether oxygens (including phenoxy) is 1. The molecule has 1 rings (SSSR count). The Hall–Kier alpha value is -0.530. The fourth-order valence-electron chi connectivity index (χ4n) is 0.979. The van der Waals surface area contributed by atoms with E-state index in [2.05, 4.69) is 39.6 Å². The average Bonchev–Trinajstić information content (AvgIpc) is 2.07. The predicted molar refractivity (Wildman–Crippen MR) is 46.9 cm³/mol. The molecule has 0 unspecified atom stereocenters. The van der Waals surface area contributed by atoms with Crippen molar-refractivity contribution in [1.82, 2.24) is 0 Å². The van der Waals surface area contributed by atoms with Gasteiger partial charge in [0, 0.05) is 5.41 Å². The fraction of sp³-hybridized carbons (Fsp3) is 0.889. The SMILES string of the molecule is CC1(C)CN=C(C(C)(C)C)O1. The third-order valence-electron chi connectivity index (χ3n) is 1.62. The van der Waals surface area contributed by atoms with Gasteiger partial charge in [-0.1, -0.05) is 20.8 Å². The number of rotatable bonds is 0. The van der Waals surface area contributed by atoms with Gasteiger partial charge in [-0.3, -0.25) is 4.99 Å². The molecule has 2 heteroatoms. The van der Waals surface area contributed by atoms with E-state index in [1.807, 2.05) is 0 Å². The lowest BCUT2D eigenvalue weighted by Crippen LogP contribution is -2.29. The molecule has 0 aromatic heterocycles. The highest BCUT2D eigenvalue weighted by Crippen LogP contribution is 2.27. The van der Waals surface area contributed by atoms with Gasteiger partial charge in [-0.05, 0) is 13.8 Å². The molecule has 0 aliphatic carbocycles. The van der Waals surface area contributed by atoms with Crippen molar-refractivity contribution >= 4 is 5.90 Å². The van der Waals surface area contributed by atoms with Crippen LogP contribution >= 0.6 is 0 Å². The minimum absolute atomic E-state index is 0.0633. The van der Waals surface area contributed by atoms with Crippen LogP contribution in [-0.4, -0.2) is 18.0 Å². The first kappa shape index (κ1) is 8.57. The van der Waals surface area contributed by atoms with E-state index in [1.54, 1.807) is 0 Å². The molecule has 0 amide bonds. The van der Waals surface area contributed by atoms with Gasteiger partial charge in [0.05, 0.1) is 6.54 Å². The Morgan fingerprint density at radius 3 is 2.09 bits per heavy atom. The first-order chi connectivity index (χ1) is 4.81. The van der Waals surface area contributed by atoms with Gasteiger partial charge in [0.2, 0.25) is 0 Å². The van der Waals surface area contributed by atoms with Crippen molar-refractivity contribution in [3.8, 4) is 0 Å². The zero-order valence-corrected chi connectivity index (χ0v) is 8.06. The Morgan fingerprint density at radius 2 is 1.91 bits per heavy atom. The summed E-state index contributed by atoms with van der Waals surface area (Å²) in [6, 6.07) is 0. The minimum Gasteiger partial charge on any atom is -0.473 e. The predicted octanol–water partition coefficient (Wildman–Crippen LogP) is 2.24. The Kier molecular flexibility index (Phi) is 1.73. The smallest absolute Gasteiger partial charge is 0.189 e. The van der Waals surface area contributed by atoms with Crippen molar-refractivity contribution in [1.29, 1.82) is 0 Å². The molecule has 0 saturated carbocycles. The van der Waals surface area contributed by atoms with E-state index in [0.29, 0.717) is 0 Å². The van der Waals surface area contributed by atoms with Crippen LogP contribution in [0, 0.1) is 5.41 Å². The van der Waals surface area contributed by atoms with Crippen molar-refractivity contribution in [2.24, 2.45) is 10.4 Å². The molecule has 1 aliphatic rings. The van der Waals surface area contributed by atoms with E-state index >= 15 is 0 Å². The van der Waals surface area contributed by atoms with E-state index in [4.69, 9.17) is 4.74 Å². The van der Waals surface area contributed by atoms with Crippen LogP contribution in [0.15, 0.2) is 4.99 Å². The largest absolute Gasteiger partial charge is 0.473 e. The van der Waals surface area contributed by atoms with E-state index in [9.17, 15) is 0 Å². The van der Waals surface area contributed by atoms with Crippen LogP contribution in [0.3, 0.4) is 0 Å². The Labute approximate surface area is 68.7 Å². The second-order valence-corrected chi connectivity index (χ2v) is 4.73. The lowest BCUT2D eigenvalue weighted by Gasteiger charge is -2.23. The van der Waals surface area contributed by atoms with Crippen LogP contribution in [-0.2, 0) is 4.74 Å². The second kappa shape index (κ2) is 2.23. The molecular weight excluding hydrogens is 138 g/mol. The third-order valence-corrected chi connectivity index (χ3v) is 1.62. The maximum absolute atomic E-state index is 5.66. The molecule has 0 spiro atoms. The average molecular weight is 155 g/mol. The van der Waals surface area contributed by atoms with Crippen molar-refractivity contribution < 1.29 is 4.74 Å². The number of nitrogens with zero attached hydrogens (tertiary/aromatic N) is 1. The summed E-state index contributed by atoms with van der Waals surface area (Å²) in [4.78, 5) is 4.35. The third kappa shape index (κ3) is 1.95. The number of hydrogen-bond donors (Lipinski definition) is 0. The molecule has 0 N–H and O–H groups in total. The maximum atomic E-state index is 5.66. The van der Waals surface area contributed by atoms with Crippen LogP contribution in [0.1, 0.15) is 34.6 Å². The molecule has 1 aliphatic heterocycles. The molecule has 11 heavy (non-hydrogen) atoms. The van der Waals surface area contributed by atoms with E-state index in [1.165, 1.54) is 0 Å². The van der Waals surface area contributed by atoms with Crippen LogP contribution in [0.25, 0.3) is 0 Å². The quantitative estimate of drug-likeness (QED) is 0.525. The van der Waals surface area contributed by atoms with Gasteiger partial charge in [-0.25, -0.2) is 0 Å². The number of aliphatic imine (C=N–C) groups is 1. The highest BCUT2D eigenvalue weighted by molar-refractivity contribution is 5.83. The Morgan fingerprint density at radius 1 is 1.36 bits per heavy atom. The van der Waals surface area contributed by atoms with Crippen LogP contribution in [0.5, 0.6) is 0 Å². The molecule has 0 saturated heterocycles. The molecule has 0 bridgehead atoms. The topological polar surface area (TPSA) is 21.6 Å². The summed E-state index contributed by atoms with van der Waals surface area (Å²) in [6.07, 6.45) is 0. The minimum atomic E-state index is -0.0807. The number of hydrogen-bond acceptors (Lipinski definition) is 2. The second-order valence-electron chi connectivity index (χ2n) is 4.73. The Balaban J connectivity index is 2.68. The molecule has 0 aromatic rings. The van der Waals surface area contributed by atoms with E-state index in [0.717, 1.165) is 12.4 Å². The zero-order valence-electron chi connectivity index (χ0n) is 8.06. The normalized spacial score (nSPS) is 22.8. The van der Waals surface area contributed by atoms with Crippen molar-refractivity contribution in [3.05, 3.63) is 0 Å². The molecular formula is C9H17NO. The first-order valence-electron chi connectivity index (χ1n) is 4.05. The summed E-state index contributed by atoms with van der Waals surface area (Å²) in [6.45, 7) is 11.3. The summed E-state index contributed by atoms with van der Waals surface area (Å²) in [5, 5.41) is 0. The highest BCUT2D eigenvalue weighted by Gasteiger charge is 2.33. The molecule has 0 fully saturated rings. The van der Waals surface area contributed by atoms with Crippen molar-refractivity contribution in [2.45, 2.75) is 40.2 Å². The van der Waals surface area contributed by atoms with E-state index < -0.39 is 0 Å². The standard InChI is InChI=1S/C9H17NO/c1-8(2,3)7-10-6-9(4,5)11-7/h6H2,1-5H3. The summed E-state index contributed by atoms with van der Waals surface area (Å²) >= 11 is 0. The Bertz CT molecular complexity index is 186. The lowest BCUT2D eigenvalue weighted by molar-refractivity contribution is 0.115. The molecule has 64 valence electrons. The summed E-state index contributed by atoms with van der Waals surface area (Å²) < 4.78 is 5.66. The maximum Gasteiger partial charge on any atom is 0.189 e. The van der Waals surface area contributed by atoms with E-state index in [-0.39, 0.29) is 11.0 Å². The van der Waals surface area contributed by atoms with Gasteiger partial charge < -0.3 is 4.74 Å². The first-order valence-corrected chi connectivity index (χ1v) is 4.05. The van der Waals surface area contributed by atoms with Crippen LogP contribution in [0.2, 0.25) is 0 Å². The molecule has 2 nitrogen and oxygen atoms in total. The molecule has 0 radical (unpaired) electrons. The fourth-order valence-corrected chi connectivity index (χ4v) is 0.979. The van der Waals surface area contributed by atoms with Gasteiger partial charge in [0.15, 0.2) is 5.90 Å². The van der Waals surface area contributed by atoms with Gasteiger partial charge in [0.1, 0.15) is 5.60 Å². The molecule has 0 aromatic carbocycles.